The van der Waals surface area contributed by atoms with Crippen molar-refractivity contribution in [3.8, 4) is 5.69 Å². The minimum absolute atomic E-state index is 0.0654. The highest BCUT2D eigenvalue weighted by atomic mass is 35.5. The van der Waals surface area contributed by atoms with Gasteiger partial charge in [-0.1, -0.05) is 41.6 Å². The third-order valence-corrected chi connectivity index (χ3v) is 5.29. The summed E-state index contributed by atoms with van der Waals surface area (Å²) in [5.41, 5.74) is 1.07. The van der Waals surface area contributed by atoms with Gasteiger partial charge < -0.3 is 5.32 Å². The number of halogens is 4. The van der Waals surface area contributed by atoms with Gasteiger partial charge >= 0.3 is 6.18 Å². The van der Waals surface area contributed by atoms with E-state index in [4.69, 9.17) is 11.6 Å². The Balaban J connectivity index is 1.57. The number of carbonyl (C=O) groups is 1. The summed E-state index contributed by atoms with van der Waals surface area (Å²) in [6, 6.07) is 11.2. The molecule has 0 aliphatic carbocycles. The van der Waals surface area contributed by atoms with Gasteiger partial charge in [0.05, 0.1) is 22.6 Å². The summed E-state index contributed by atoms with van der Waals surface area (Å²) in [5.74, 6) is -1.89. The molecule has 0 unspecified atom stereocenters. The van der Waals surface area contributed by atoms with E-state index in [0.717, 1.165) is 11.8 Å². The molecular formula is C19H12ClF3N6OS. The first-order chi connectivity index (χ1) is 14.8. The van der Waals surface area contributed by atoms with E-state index in [9.17, 15) is 18.0 Å². The molecule has 7 nitrogen and oxygen atoms in total. The zero-order valence-corrected chi connectivity index (χ0v) is 17.0. The molecule has 12 heteroatoms. The Morgan fingerprint density at radius 2 is 1.97 bits per heavy atom. The lowest BCUT2D eigenvalue weighted by Crippen LogP contribution is -2.16. The van der Waals surface area contributed by atoms with E-state index in [1.165, 1.54) is 23.4 Å². The number of carbonyl (C=O) groups excluding carboxylic acids is 1. The Labute approximate surface area is 182 Å². The second-order valence-electron chi connectivity index (χ2n) is 6.21. The van der Waals surface area contributed by atoms with Crippen LogP contribution in [0.2, 0.25) is 5.02 Å². The zero-order chi connectivity index (χ0) is 22.0. The predicted octanol–water partition coefficient (Wildman–Crippen LogP) is 4.61. The molecule has 0 aliphatic rings. The van der Waals surface area contributed by atoms with Crippen LogP contribution in [0.1, 0.15) is 5.82 Å². The zero-order valence-electron chi connectivity index (χ0n) is 15.5. The van der Waals surface area contributed by atoms with E-state index < -0.39 is 17.9 Å². The van der Waals surface area contributed by atoms with Crippen molar-refractivity contribution in [3.63, 3.8) is 0 Å². The normalized spacial score (nSPS) is 11.6. The number of para-hydroxylation sites is 1. The molecule has 0 saturated carbocycles. The van der Waals surface area contributed by atoms with Gasteiger partial charge in [0.2, 0.25) is 11.7 Å². The van der Waals surface area contributed by atoms with Crippen molar-refractivity contribution in [2.24, 2.45) is 0 Å². The molecule has 0 fully saturated rings. The smallest absolute Gasteiger partial charge is 0.323 e. The number of nitrogens with zero attached hydrogens (tertiary/aromatic N) is 5. The van der Waals surface area contributed by atoms with E-state index in [1.807, 2.05) is 0 Å². The Morgan fingerprint density at radius 3 is 2.71 bits per heavy atom. The minimum atomic E-state index is -4.70. The number of nitrogens with one attached hydrogen (secondary N) is 1. The fourth-order valence-electron chi connectivity index (χ4n) is 2.75. The topological polar surface area (TPSA) is 85.6 Å². The van der Waals surface area contributed by atoms with Gasteiger partial charge in [-0.15, -0.1) is 0 Å². The Hall–Kier alpha value is -3.18. The van der Waals surface area contributed by atoms with Gasteiger partial charge in [-0.3, -0.25) is 4.79 Å². The van der Waals surface area contributed by atoms with Gasteiger partial charge in [-0.05, 0) is 24.3 Å². The molecule has 0 radical (unpaired) electrons. The molecule has 2 aromatic carbocycles. The average Bonchev–Trinajstić information content (AvgIpc) is 3.26. The molecular weight excluding hydrogens is 453 g/mol. The summed E-state index contributed by atoms with van der Waals surface area (Å²) in [4.78, 5) is 23.6. The summed E-state index contributed by atoms with van der Waals surface area (Å²) < 4.78 is 40.9. The number of hydrogen-bond acceptors (Lipinski definition) is 6. The van der Waals surface area contributed by atoms with E-state index >= 15 is 0 Å². The standard InChI is InChI=1S/C19H12ClF3N6OS/c20-11-5-6-15(29-10-24-9-25-29)14(7-11)26-16(30)8-31-17-12-3-1-2-4-13(12)27-18(28-17)19(21,22)23/h1-7,9-10H,8H2,(H,26,30). The lowest BCUT2D eigenvalue weighted by Gasteiger charge is -2.12. The van der Waals surface area contributed by atoms with E-state index in [0.29, 0.717) is 21.8 Å². The summed E-state index contributed by atoms with van der Waals surface area (Å²) in [7, 11) is 0. The fraction of sp³-hybridized carbons (Fsp3) is 0.105. The molecule has 1 amide bonds. The molecule has 1 N–H and O–H groups in total. The summed E-state index contributed by atoms with van der Waals surface area (Å²) in [6.45, 7) is 0. The third-order valence-electron chi connectivity index (χ3n) is 4.06. The van der Waals surface area contributed by atoms with Gasteiger partial charge in [0.25, 0.3) is 0 Å². The number of thioether (sulfide) groups is 1. The molecule has 158 valence electrons. The summed E-state index contributed by atoms with van der Waals surface area (Å²) in [5, 5.41) is 7.62. The van der Waals surface area contributed by atoms with Crippen molar-refractivity contribution >= 4 is 45.9 Å². The van der Waals surface area contributed by atoms with Crippen molar-refractivity contribution in [2.45, 2.75) is 11.2 Å². The first kappa shape index (κ1) is 21.1. The van der Waals surface area contributed by atoms with Gasteiger partial charge in [0.15, 0.2) is 0 Å². The molecule has 0 spiro atoms. The number of aromatic nitrogens is 5. The van der Waals surface area contributed by atoms with Crippen LogP contribution in [0.15, 0.2) is 60.1 Å². The molecule has 0 aliphatic heterocycles. The molecule has 31 heavy (non-hydrogen) atoms. The van der Waals surface area contributed by atoms with E-state index in [-0.39, 0.29) is 16.3 Å². The first-order valence-electron chi connectivity index (χ1n) is 8.72. The van der Waals surface area contributed by atoms with Crippen molar-refractivity contribution in [1.29, 1.82) is 0 Å². The van der Waals surface area contributed by atoms with Crippen LogP contribution in [0.3, 0.4) is 0 Å². The van der Waals surface area contributed by atoms with Gasteiger partial charge in [0, 0.05) is 10.4 Å². The van der Waals surface area contributed by atoms with Crippen LogP contribution in [0.4, 0.5) is 18.9 Å². The first-order valence-corrected chi connectivity index (χ1v) is 10.1. The largest absolute Gasteiger partial charge is 0.451 e. The van der Waals surface area contributed by atoms with E-state index in [1.54, 1.807) is 36.4 Å². The molecule has 4 rings (SSSR count). The van der Waals surface area contributed by atoms with Crippen molar-refractivity contribution in [2.75, 3.05) is 11.1 Å². The fourth-order valence-corrected chi connectivity index (χ4v) is 3.74. The molecule has 4 aromatic rings. The number of hydrogen-bond donors (Lipinski definition) is 1. The average molecular weight is 465 g/mol. The van der Waals surface area contributed by atoms with Crippen molar-refractivity contribution in [1.82, 2.24) is 24.7 Å². The van der Waals surface area contributed by atoms with Gasteiger partial charge in [-0.25, -0.2) is 19.6 Å². The lowest BCUT2D eigenvalue weighted by molar-refractivity contribution is -0.145. The number of amides is 1. The minimum Gasteiger partial charge on any atom is -0.323 e. The lowest BCUT2D eigenvalue weighted by atomic mass is 10.2. The molecule has 0 saturated heterocycles. The number of fused-ring (bicyclic) bond motifs is 1. The maximum Gasteiger partial charge on any atom is 0.451 e. The monoisotopic (exact) mass is 464 g/mol. The summed E-state index contributed by atoms with van der Waals surface area (Å²) in [6.07, 6.45) is -1.90. The van der Waals surface area contributed by atoms with Gasteiger partial charge in [-0.2, -0.15) is 18.3 Å². The third kappa shape index (κ3) is 4.78. The summed E-state index contributed by atoms with van der Waals surface area (Å²) >= 11 is 6.92. The number of rotatable bonds is 5. The molecule has 0 bridgehead atoms. The quantitative estimate of drug-likeness (QED) is 0.343. The number of anilines is 1. The predicted molar refractivity (Wildman–Crippen MR) is 110 cm³/mol. The van der Waals surface area contributed by atoms with Crippen molar-refractivity contribution in [3.05, 3.63) is 66.0 Å². The Morgan fingerprint density at radius 1 is 1.16 bits per heavy atom. The maximum atomic E-state index is 13.2. The van der Waals surface area contributed by atoms with Crippen LogP contribution in [0.25, 0.3) is 16.6 Å². The second kappa shape index (κ2) is 8.52. The molecule has 2 heterocycles. The SMILES string of the molecule is O=C(CSc1nc(C(F)(F)F)nc2ccccc12)Nc1cc(Cl)ccc1-n1cncn1. The van der Waals surface area contributed by atoms with Gasteiger partial charge in [0.1, 0.15) is 17.7 Å². The molecule has 2 aromatic heterocycles. The van der Waals surface area contributed by atoms with Crippen LogP contribution >= 0.6 is 23.4 Å². The molecule has 0 atom stereocenters. The number of alkyl halides is 3. The van der Waals surface area contributed by atoms with Crippen molar-refractivity contribution < 1.29 is 18.0 Å². The highest BCUT2D eigenvalue weighted by molar-refractivity contribution is 8.00. The Kier molecular flexibility index (Phi) is 5.79. The Bertz CT molecular complexity index is 1250. The highest BCUT2D eigenvalue weighted by Crippen LogP contribution is 2.32. The van der Waals surface area contributed by atoms with Crippen LogP contribution < -0.4 is 5.32 Å². The number of benzene rings is 2. The maximum absolute atomic E-state index is 13.2. The van der Waals surface area contributed by atoms with Crippen LogP contribution in [-0.4, -0.2) is 36.4 Å². The van der Waals surface area contributed by atoms with Crippen LogP contribution in [0, 0.1) is 0 Å². The second-order valence-corrected chi connectivity index (χ2v) is 7.61. The van der Waals surface area contributed by atoms with Crippen LogP contribution in [0.5, 0.6) is 0 Å². The highest BCUT2D eigenvalue weighted by Gasteiger charge is 2.35. The van der Waals surface area contributed by atoms with Crippen LogP contribution in [-0.2, 0) is 11.0 Å². The van der Waals surface area contributed by atoms with E-state index in [2.05, 4.69) is 25.4 Å².